The van der Waals surface area contributed by atoms with Gasteiger partial charge in [-0.3, -0.25) is 9.69 Å². The topological polar surface area (TPSA) is 70.8 Å². The fraction of sp³-hybridized carbons (Fsp3) is 0.529. The van der Waals surface area contributed by atoms with Crippen molar-refractivity contribution >= 4 is 23.0 Å². The van der Waals surface area contributed by atoms with Gasteiger partial charge in [0.15, 0.2) is 0 Å². The highest BCUT2D eigenvalue weighted by atomic mass is 16.5. The first-order chi connectivity index (χ1) is 11.6. The average Bonchev–Trinajstić information content (AvgIpc) is 3.22. The van der Waals surface area contributed by atoms with E-state index in [0.717, 1.165) is 30.1 Å². The molecule has 7 heteroatoms. The molecule has 4 rings (SSSR count). The van der Waals surface area contributed by atoms with Crippen LogP contribution in [-0.2, 0) is 16.6 Å². The van der Waals surface area contributed by atoms with Gasteiger partial charge >= 0.3 is 5.97 Å². The maximum Gasteiger partial charge on any atom is 0.326 e. The minimum absolute atomic E-state index is 0.286. The molecule has 0 bridgehead atoms. The van der Waals surface area contributed by atoms with Crippen LogP contribution >= 0.6 is 0 Å². The number of rotatable bonds is 3. The van der Waals surface area contributed by atoms with E-state index in [2.05, 4.69) is 20.4 Å². The Morgan fingerprint density at radius 1 is 1.25 bits per heavy atom. The molecule has 3 heterocycles. The number of para-hydroxylation sites is 2. The van der Waals surface area contributed by atoms with Gasteiger partial charge in [0.2, 0.25) is 5.95 Å². The van der Waals surface area contributed by atoms with E-state index in [-0.39, 0.29) is 6.61 Å². The van der Waals surface area contributed by atoms with Crippen molar-refractivity contribution in [2.75, 3.05) is 44.3 Å². The number of ether oxygens (including phenoxy) is 1. The Labute approximate surface area is 140 Å². The van der Waals surface area contributed by atoms with E-state index in [0.29, 0.717) is 26.1 Å². The summed E-state index contributed by atoms with van der Waals surface area (Å²) in [6, 6.07) is 8.10. The van der Waals surface area contributed by atoms with Crippen molar-refractivity contribution in [3.8, 4) is 0 Å². The zero-order valence-electron chi connectivity index (χ0n) is 13.8. The zero-order valence-corrected chi connectivity index (χ0v) is 13.8. The first kappa shape index (κ1) is 15.4. The summed E-state index contributed by atoms with van der Waals surface area (Å²) >= 11 is 0. The number of carboxylic acid groups (broad SMARTS) is 1. The lowest BCUT2D eigenvalue weighted by molar-refractivity contribution is -0.152. The highest BCUT2D eigenvalue weighted by molar-refractivity contribution is 5.80. The highest BCUT2D eigenvalue weighted by Crippen LogP contribution is 2.29. The molecule has 0 radical (unpaired) electrons. The standard InChI is InChI=1S/C17H22N4O3/c1-19-14-5-3-2-4-13(14)18-16(19)20-7-9-21(10-8-20)17(15(22)23)6-11-24-12-17/h2-5H,6-12H2,1H3,(H,22,23). The highest BCUT2D eigenvalue weighted by Gasteiger charge is 2.48. The molecule has 24 heavy (non-hydrogen) atoms. The summed E-state index contributed by atoms with van der Waals surface area (Å²) in [5.41, 5.74) is 1.25. The van der Waals surface area contributed by atoms with Crippen molar-refractivity contribution in [2.24, 2.45) is 7.05 Å². The largest absolute Gasteiger partial charge is 0.480 e. The van der Waals surface area contributed by atoms with E-state index in [1.54, 1.807) is 0 Å². The van der Waals surface area contributed by atoms with Crippen LogP contribution in [0.15, 0.2) is 24.3 Å². The fourth-order valence-electron chi connectivity index (χ4n) is 3.86. The van der Waals surface area contributed by atoms with Crippen LogP contribution in [0, 0.1) is 0 Å². The number of nitrogens with zero attached hydrogens (tertiary/aromatic N) is 4. The van der Waals surface area contributed by atoms with Gasteiger partial charge in [0.05, 0.1) is 17.6 Å². The molecule has 2 aliphatic heterocycles. The lowest BCUT2D eigenvalue weighted by atomic mass is 9.95. The average molecular weight is 330 g/mol. The van der Waals surface area contributed by atoms with Crippen LogP contribution in [-0.4, -0.2) is 70.5 Å². The Morgan fingerprint density at radius 2 is 2.00 bits per heavy atom. The summed E-state index contributed by atoms with van der Waals surface area (Å²) in [7, 11) is 2.03. The second kappa shape index (κ2) is 5.75. The predicted molar refractivity (Wildman–Crippen MR) is 90.3 cm³/mol. The maximum atomic E-state index is 11.8. The number of piperazine rings is 1. The number of aromatic nitrogens is 2. The number of aryl methyl sites for hydroxylation is 1. The van der Waals surface area contributed by atoms with Crippen molar-refractivity contribution in [1.29, 1.82) is 0 Å². The Kier molecular flexibility index (Phi) is 3.69. The number of imidazole rings is 1. The molecular weight excluding hydrogens is 308 g/mol. The molecule has 0 aliphatic carbocycles. The van der Waals surface area contributed by atoms with Crippen LogP contribution in [0.5, 0.6) is 0 Å². The molecule has 2 aromatic rings. The third kappa shape index (κ3) is 2.27. The molecule has 2 saturated heterocycles. The van der Waals surface area contributed by atoms with Crippen LogP contribution in [0.4, 0.5) is 5.95 Å². The Morgan fingerprint density at radius 3 is 2.62 bits per heavy atom. The van der Waals surface area contributed by atoms with Gasteiger partial charge in [0.25, 0.3) is 0 Å². The van der Waals surface area contributed by atoms with Gasteiger partial charge < -0.3 is 19.3 Å². The molecular formula is C17H22N4O3. The van der Waals surface area contributed by atoms with Gasteiger partial charge in [0.1, 0.15) is 5.54 Å². The lowest BCUT2D eigenvalue weighted by Gasteiger charge is -2.42. The number of hydrogen-bond donors (Lipinski definition) is 1. The normalized spacial score (nSPS) is 25.5. The van der Waals surface area contributed by atoms with Gasteiger partial charge in [-0.05, 0) is 12.1 Å². The molecule has 0 amide bonds. The number of anilines is 1. The van der Waals surface area contributed by atoms with E-state index in [1.807, 2.05) is 25.2 Å². The monoisotopic (exact) mass is 330 g/mol. The number of hydrogen-bond acceptors (Lipinski definition) is 5. The molecule has 1 aromatic carbocycles. The van der Waals surface area contributed by atoms with Crippen molar-refractivity contribution in [1.82, 2.24) is 14.5 Å². The van der Waals surface area contributed by atoms with Crippen LogP contribution in [0.2, 0.25) is 0 Å². The molecule has 0 spiro atoms. The smallest absolute Gasteiger partial charge is 0.326 e. The van der Waals surface area contributed by atoms with Crippen molar-refractivity contribution in [2.45, 2.75) is 12.0 Å². The molecule has 0 saturated carbocycles. The van der Waals surface area contributed by atoms with Crippen LogP contribution in [0.25, 0.3) is 11.0 Å². The fourth-order valence-corrected chi connectivity index (χ4v) is 3.86. The number of aliphatic carboxylic acids is 1. The summed E-state index contributed by atoms with van der Waals surface area (Å²) < 4.78 is 7.50. The van der Waals surface area contributed by atoms with Gasteiger partial charge in [-0.1, -0.05) is 12.1 Å². The van der Waals surface area contributed by atoms with E-state index in [1.165, 1.54) is 0 Å². The second-order valence-electron chi connectivity index (χ2n) is 6.57. The molecule has 1 unspecified atom stereocenters. The van der Waals surface area contributed by atoms with Gasteiger partial charge in [0, 0.05) is 46.3 Å². The SMILES string of the molecule is Cn1c(N2CCN(C3(C(=O)O)CCOC3)CC2)nc2ccccc21. The number of fused-ring (bicyclic) bond motifs is 1. The molecule has 2 aliphatic rings. The zero-order chi connectivity index (χ0) is 16.7. The van der Waals surface area contributed by atoms with Gasteiger partial charge in [-0.25, -0.2) is 4.98 Å². The summed E-state index contributed by atoms with van der Waals surface area (Å²) in [4.78, 5) is 20.8. The van der Waals surface area contributed by atoms with Gasteiger partial charge in [-0.2, -0.15) is 0 Å². The quantitative estimate of drug-likeness (QED) is 0.903. The Balaban J connectivity index is 1.53. The predicted octanol–water partition coefficient (Wildman–Crippen LogP) is 0.939. The molecule has 128 valence electrons. The molecule has 1 atom stereocenters. The molecule has 1 N–H and O–H groups in total. The van der Waals surface area contributed by atoms with Gasteiger partial charge in [-0.15, -0.1) is 0 Å². The minimum atomic E-state index is -0.849. The van der Waals surface area contributed by atoms with Crippen LogP contribution < -0.4 is 4.90 Å². The third-order valence-electron chi connectivity index (χ3n) is 5.33. The lowest BCUT2D eigenvalue weighted by Crippen LogP contribution is -2.61. The second-order valence-corrected chi connectivity index (χ2v) is 6.57. The number of carboxylic acids is 1. The van der Waals surface area contributed by atoms with E-state index in [9.17, 15) is 9.90 Å². The number of carbonyl (C=O) groups is 1. The third-order valence-corrected chi connectivity index (χ3v) is 5.33. The minimum Gasteiger partial charge on any atom is -0.480 e. The van der Waals surface area contributed by atoms with E-state index < -0.39 is 11.5 Å². The van der Waals surface area contributed by atoms with Crippen LogP contribution in [0.3, 0.4) is 0 Å². The van der Waals surface area contributed by atoms with Crippen molar-refractivity contribution in [3.63, 3.8) is 0 Å². The van der Waals surface area contributed by atoms with E-state index in [4.69, 9.17) is 9.72 Å². The Bertz CT molecular complexity index is 758. The van der Waals surface area contributed by atoms with Crippen molar-refractivity contribution < 1.29 is 14.6 Å². The van der Waals surface area contributed by atoms with Crippen molar-refractivity contribution in [3.05, 3.63) is 24.3 Å². The first-order valence-corrected chi connectivity index (χ1v) is 8.34. The number of benzene rings is 1. The van der Waals surface area contributed by atoms with E-state index >= 15 is 0 Å². The molecule has 1 aromatic heterocycles. The summed E-state index contributed by atoms with van der Waals surface area (Å²) in [6.45, 7) is 3.77. The summed E-state index contributed by atoms with van der Waals surface area (Å²) in [5, 5.41) is 9.69. The Hall–Kier alpha value is -2.12. The van der Waals surface area contributed by atoms with Crippen LogP contribution in [0.1, 0.15) is 6.42 Å². The summed E-state index contributed by atoms with van der Waals surface area (Å²) in [6.07, 6.45) is 0.564. The summed E-state index contributed by atoms with van der Waals surface area (Å²) in [5.74, 6) is 0.180. The molecule has 7 nitrogen and oxygen atoms in total. The first-order valence-electron chi connectivity index (χ1n) is 8.34. The molecule has 2 fully saturated rings. The maximum absolute atomic E-state index is 11.8.